The molecule has 1 aliphatic heterocycles. The SMILES string of the molecule is CCCn1c(N)c(NCC2CCCCO2)c(=O)n(C)c1=O. The van der Waals surface area contributed by atoms with Crippen LogP contribution in [0.1, 0.15) is 32.6 Å². The minimum absolute atomic E-state index is 0.0920. The third kappa shape index (κ3) is 3.29. The van der Waals surface area contributed by atoms with Gasteiger partial charge in [0.1, 0.15) is 11.5 Å². The Bertz CT molecular complexity index is 599. The number of nitrogens with zero attached hydrogens (tertiary/aromatic N) is 2. The summed E-state index contributed by atoms with van der Waals surface area (Å²) in [5.74, 6) is 0.209. The fourth-order valence-corrected chi connectivity index (χ4v) is 2.57. The third-order valence-electron chi connectivity index (χ3n) is 3.81. The summed E-state index contributed by atoms with van der Waals surface area (Å²) in [5, 5.41) is 3.07. The molecule has 0 bridgehead atoms. The van der Waals surface area contributed by atoms with Gasteiger partial charge in [0, 0.05) is 26.7 Å². The lowest BCUT2D eigenvalue weighted by Gasteiger charge is -2.24. The van der Waals surface area contributed by atoms with Crippen molar-refractivity contribution in [1.82, 2.24) is 9.13 Å². The van der Waals surface area contributed by atoms with Crippen molar-refractivity contribution in [3.05, 3.63) is 20.8 Å². The van der Waals surface area contributed by atoms with Gasteiger partial charge in [-0.15, -0.1) is 0 Å². The predicted octanol–water partition coefficient (Wildman–Crippen LogP) is 0.520. The topological polar surface area (TPSA) is 91.3 Å². The Balaban J connectivity index is 2.25. The first-order chi connectivity index (χ1) is 10.1. The quantitative estimate of drug-likeness (QED) is 0.826. The predicted molar refractivity (Wildman–Crippen MR) is 82.7 cm³/mol. The molecule has 1 saturated heterocycles. The van der Waals surface area contributed by atoms with E-state index in [0.29, 0.717) is 18.8 Å². The van der Waals surface area contributed by atoms with Crippen molar-refractivity contribution in [3.63, 3.8) is 0 Å². The Kier molecular flexibility index (Phi) is 5.06. The average Bonchev–Trinajstić information content (AvgIpc) is 2.50. The standard InChI is InChI=1S/C14H24N4O3/c1-3-7-18-12(15)11(13(19)17(2)14(18)20)16-9-10-6-4-5-8-21-10/h10,16H,3-9,15H2,1-2H3. The Morgan fingerprint density at radius 2 is 2.14 bits per heavy atom. The lowest BCUT2D eigenvalue weighted by Crippen LogP contribution is -2.41. The molecule has 21 heavy (non-hydrogen) atoms. The molecule has 1 unspecified atom stereocenters. The second kappa shape index (κ2) is 6.80. The summed E-state index contributed by atoms with van der Waals surface area (Å²) in [6, 6.07) is 0. The summed E-state index contributed by atoms with van der Waals surface area (Å²) in [5.41, 5.74) is 5.53. The highest BCUT2D eigenvalue weighted by atomic mass is 16.5. The summed E-state index contributed by atoms with van der Waals surface area (Å²) < 4.78 is 8.16. The molecule has 1 aromatic heterocycles. The van der Waals surface area contributed by atoms with Crippen LogP contribution in [0.3, 0.4) is 0 Å². The molecule has 1 aliphatic rings. The number of nitrogen functional groups attached to an aromatic ring is 1. The minimum Gasteiger partial charge on any atom is -0.383 e. The molecule has 118 valence electrons. The molecule has 1 atom stereocenters. The summed E-state index contributed by atoms with van der Waals surface area (Å²) in [4.78, 5) is 24.3. The van der Waals surface area contributed by atoms with Gasteiger partial charge in [0.05, 0.1) is 6.10 Å². The van der Waals surface area contributed by atoms with Crippen molar-refractivity contribution in [2.45, 2.75) is 45.3 Å². The molecule has 2 rings (SSSR count). The van der Waals surface area contributed by atoms with Crippen molar-refractivity contribution in [1.29, 1.82) is 0 Å². The lowest BCUT2D eigenvalue weighted by atomic mass is 10.1. The Hall–Kier alpha value is -1.76. The lowest BCUT2D eigenvalue weighted by molar-refractivity contribution is 0.0247. The van der Waals surface area contributed by atoms with E-state index in [1.165, 1.54) is 11.6 Å². The highest BCUT2D eigenvalue weighted by Crippen LogP contribution is 2.15. The van der Waals surface area contributed by atoms with E-state index in [0.717, 1.165) is 36.9 Å². The van der Waals surface area contributed by atoms with E-state index in [1.807, 2.05) is 6.92 Å². The summed E-state index contributed by atoms with van der Waals surface area (Å²) in [6.07, 6.45) is 4.06. The number of nitrogens with one attached hydrogen (secondary N) is 1. The van der Waals surface area contributed by atoms with Crippen LogP contribution in [0, 0.1) is 0 Å². The number of rotatable bonds is 5. The van der Waals surface area contributed by atoms with Crippen LogP contribution < -0.4 is 22.3 Å². The van der Waals surface area contributed by atoms with E-state index in [-0.39, 0.29) is 23.2 Å². The molecule has 0 spiro atoms. The van der Waals surface area contributed by atoms with E-state index in [4.69, 9.17) is 10.5 Å². The summed E-state index contributed by atoms with van der Waals surface area (Å²) >= 11 is 0. The Morgan fingerprint density at radius 3 is 2.76 bits per heavy atom. The van der Waals surface area contributed by atoms with Gasteiger partial charge in [0.25, 0.3) is 5.56 Å². The van der Waals surface area contributed by atoms with Gasteiger partial charge in [0.15, 0.2) is 0 Å². The zero-order chi connectivity index (χ0) is 15.4. The maximum Gasteiger partial charge on any atom is 0.332 e. The van der Waals surface area contributed by atoms with Crippen LogP contribution >= 0.6 is 0 Å². The van der Waals surface area contributed by atoms with Gasteiger partial charge in [-0.05, 0) is 25.7 Å². The molecular weight excluding hydrogens is 272 g/mol. The molecule has 0 radical (unpaired) electrons. The highest BCUT2D eigenvalue weighted by Gasteiger charge is 2.18. The second-order valence-electron chi connectivity index (χ2n) is 5.43. The van der Waals surface area contributed by atoms with Crippen LogP contribution in [-0.2, 0) is 18.3 Å². The van der Waals surface area contributed by atoms with Gasteiger partial charge in [0.2, 0.25) is 0 Å². The largest absolute Gasteiger partial charge is 0.383 e. The zero-order valence-electron chi connectivity index (χ0n) is 12.7. The molecule has 0 aromatic carbocycles. The molecule has 2 heterocycles. The van der Waals surface area contributed by atoms with Crippen LogP contribution in [0.15, 0.2) is 9.59 Å². The Labute approximate surface area is 123 Å². The van der Waals surface area contributed by atoms with E-state index in [1.54, 1.807) is 0 Å². The maximum absolute atomic E-state index is 12.2. The number of hydrogen-bond donors (Lipinski definition) is 2. The van der Waals surface area contributed by atoms with Crippen molar-refractivity contribution >= 4 is 11.5 Å². The molecule has 7 nitrogen and oxygen atoms in total. The van der Waals surface area contributed by atoms with Gasteiger partial charge in [-0.3, -0.25) is 13.9 Å². The second-order valence-corrected chi connectivity index (χ2v) is 5.43. The first kappa shape index (κ1) is 15.6. The molecule has 0 saturated carbocycles. The number of aromatic nitrogens is 2. The number of anilines is 2. The number of ether oxygens (including phenoxy) is 1. The van der Waals surface area contributed by atoms with E-state index in [9.17, 15) is 9.59 Å². The summed E-state index contributed by atoms with van der Waals surface area (Å²) in [6.45, 7) is 3.74. The number of hydrogen-bond acceptors (Lipinski definition) is 5. The van der Waals surface area contributed by atoms with Gasteiger partial charge in [-0.2, -0.15) is 0 Å². The van der Waals surface area contributed by atoms with Gasteiger partial charge >= 0.3 is 5.69 Å². The molecular formula is C14H24N4O3. The van der Waals surface area contributed by atoms with Crippen molar-refractivity contribution < 1.29 is 4.74 Å². The van der Waals surface area contributed by atoms with Gasteiger partial charge < -0.3 is 15.8 Å². The fraction of sp³-hybridized carbons (Fsp3) is 0.714. The van der Waals surface area contributed by atoms with E-state index in [2.05, 4.69) is 5.32 Å². The molecule has 0 amide bonds. The monoisotopic (exact) mass is 296 g/mol. The first-order valence-electron chi connectivity index (χ1n) is 7.51. The van der Waals surface area contributed by atoms with E-state index >= 15 is 0 Å². The van der Waals surface area contributed by atoms with E-state index < -0.39 is 0 Å². The molecule has 1 fully saturated rings. The third-order valence-corrected chi connectivity index (χ3v) is 3.81. The normalized spacial score (nSPS) is 18.7. The van der Waals surface area contributed by atoms with Crippen LogP contribution in [0.2, 0.25) is 0 Å². The van der Waals surface area contributed by atoms with Crippen molar-refractivity contribution in [2.24, 2.45) is 7.05 Å². The molecule has 3 N–H and O–H groups in total. The van der Waals surface area contributed by atoms with Crippen LogP contribution in [0.25, 0.3) is 0 Å². The maximum atomic E-state index is 12.2. The number of nitrogens with two attached hydrogens (primary N) is 1. The fourth-order valence-electron chi connectivity index (χ4n) is 2.57. The molecule has 7 heteroatoms. The average molecular weight is 296 g/mol. The minimum atomic E-state index is -0.388. The van der Waals surface area contributed by atoms with Crippen LogP contribution in [0.4, 0.5) is 11.5 Å². The molecule has 0 aliphatic carbocycles. The van der Waals surface area contributed by atoms with Crippen molar-refractivity contribution in [2.75, 3.05) is 24.2 Å². The Morgan fingerprint density at radius 1 is 1.38 bits per heavy atom. The van der Waals surface area contributed by atoms with Crippen molar-refractivity contribution in [3.8, 4) is 0 Å². The van der Waals surface area contributed by atoms with Crippen LogP contribution in [0.5, 0.6) is 0 Å². The summed E-state index contributed by atoms with van der Waals surface area (Å²) in [7, 11) is 1.47. The smallest absolute Gasteiger partial charge is 0.332 e. The van der Waals surface area contributed by atoms with Crippen LogP contribution in [-0.4, -0.2) is 28.4 Å². The molecule has 1 aromatic rings. The van der Waals surface area contributed by atoms with Gasteiger partial charge in [-0.25, -0.2) is 4.79 Å². The zero-order valence-corrected chi connectivity index (χ0v) is 12.7. The first-order valence-corrected chi connectivity index (χ1v) is 7.51. The highest BCUT2D eigenvalue weighted by molar-refractivity contribution is 5.60. The van der Waals surface area contributed by atoms with Gasteiger partial charge in [-0.1, -0.05) is 6.92 Å².